The first kappa shape index (κ1) is 24.2. The molecule has 178 valence electrons. The largest absolute Gasteiger partial charge is 0.493 e. The molecule has 3 rings (SSSR count). The minimum absolute atomic E-state index is 0.0455. The molecule has 33 heavy (non-hydrogen) atoms. The van der Waals surface area contributed by atoms with Crippen LogP contribution in [-0.4, -0.2) is 57.3 Å². The highest BCUT2D eigenvalue weighted by Crippen LogP contribution is 2.33. The van der Waals surface area contributed by atoms with Gasteiger partial charge in [-0.2, -0.15) is 0 Å². The van der Waals surface area contributed by atoms with Gasteiger partial charge in [0.1, 0.15) is 6.61 Å². The molecule has 0 radical (unpaired) electrons. The van der Waals surface area contributed by atoms with Crippen LogP contribution in [0.4, 0.5) is 0 Å². The van der Waals surface area contributed by atoms with Crippen LogP contribution in [0.1, 0.15) is 30.9 Å². The Balaban J connectivity index is 1.69. The molecule has 1 saturated heterocycles. The van der Waals surface area contributed by atoms with E-state index in [-0.39, 0.29) is 18.9 Å². The van der Waals surface area contributed by atoms with E-state index in [0.29, 0.717) is 41.7 Å². The third-order valence-corrected chi connectivity index (χ3v) is 5.52. The van der Waals surface area contributed by atoms with Crippen molar-refractivity contribution in [3.05, 3.63) is 47.5 Å². The number of amides is 1. The van der Waals surface area contributed by atoms with Crippen LogP contribution in [0.3, 0.4) is 0 Å². The predicted octanol–water partition coefficient (Wildman–Crippen LogP) is 3.39. The number of rotatable bonds is 10. The monoisotopic (exact) mass is 457 g/mol. The standard InChI is InChI=1S/C25H31NO7/c1-17(25(28)26-12-5-6-13-26)33-23(27)15-19-8-7-9-21(30-3)24(19)32-16-18-10-11-20(29-2)22(14-18)31-4/h7-11,14,17H,5-6,12-13,15-16H2,1-4H3/t17-/m1/s1. The Morgan fingerprint density at radius 2 is 1.64 bits per heavy atom. The molecule has 0 bridgehead atoms. The number of hydrogen-bond donors (Lipinski definition) is 0. The smallest absolute Gasteiger partial charge is 0.311 e. The van der Waals surface area contributed by atoms with Crippen LogP contribution >= 0.6 is 0 Å². The molecule has 8 nitrogen and oxygen atoms in total. The maximum atomic E-state index is 12.6. The van der Waals surface area contributed by atoms with Gasteiger partial charge in [-0.3, -0.25) is 9.59 Å². The Bertz CT molecular complexity index is 969. The van der Waals surface area contributed by atoms with Crippen molar-refractivity contribution in [3.8, 4) is 23.0 Å². The maximum absolute atomic E-state index is 12.6. The number of likely N-dealkylation sites (tertiary alicyclic amines) is 1. The molecule has 0 unspecified atom stereocenters. The predicted molar refractivity (Wildman–Crippen MR) is 122 cm³/mol. The molecule has 0 aliphatic carbocycles. The molecule has 1 atom stereocenters. The lowest BCUT2D eigenvalue weighted by atomic mass is 10.1. The molecule has 2 aromatic rings. The Morgan fingerprint density at radius 3 is 2.30 bits per heavy atom. The zero-order valence-electron chi connectivity index (χ0n) is 19.6. The molecule has 1 aliphatic rings. The lowest BCUT2D eigenvalue weighted by Crippen LogP contribution is -2.38. The summed E-state index contributed by atoms with van der Waals surface area (Å²) in [6, 6.07) is 10.8. The summed E-state index contributed by atoms with van der Waals surface area (Å²) in [6.07, 6.45) is 1.10. The van der Waals surface area contributed by atoms with E-state index in [9.17, 15) is 9.59 Å². The van der Waals surface area contributed by atoms with Crippen molar-refractivity contribution in [1.29, 1.82) is 0 Å². The summed E-state index contributed by atoms with van der Waals surface area (Å²) in [7, 11) is 4.69. The molecule has 0 saturated carbocycles. The summed E-state index contributed by atoms with van der Waals surface area (Å²) in [4.78, 5) is 26.8. The first-order valence-corrected chi connectivity index (χ1v) is 10.9. The van der Waals surface area contributed by atoms with Gasteiger partial charge >= 0.3 is 5.97 Å². The Kier molecular flexibility index (Phi) is 8.40. The van der Waals surface area contributed by atoms with Gasteiger partial charge in [-0.15, -0.1) is 0 Å². The Labute approximate surface area is 194 Å². The molecule has 1 amide bonds. The zero-order chi connectivity index (χ0) is 23.8. The van der Waals surface area contributed by atoms with Crippen LogP contribution in [0.15, 0.2) is 36.4 Å². The van der Waals surface area contributed by atoms with E-state index in [1.165, 1.54) is 7.11 Å². The number of methoxy groups -OCH3 is 3. The highest BCUT2D eigenvalue weighted by molar-refractivity contribution is 5.84. The maximum Gasteiger partial charge on any atom is 0.311 e. The van der Waals surface area contributed by atoms with Crippen LogP contribution in [0.2, 0.25) is 0 Å². The van der Waals surface area contributed by atoms with Crippen molar-refractivity contribution in [3.63, 3.8) is 0 Å². The van der Waals surface area contributed by atoms with Crippen LogP contribution in [0, 0.1) is 0 Å². The molecule has 1 heterocycles. The first-order valence-electron chi connectivity index (χ1n) is 10.9. The van der Waals surface area contributed by atoms with Gasteiger partial charge in [0.05, 0.1) is 27.8 Å². The fourth-order valence-corrected chi connectivity index (χ4v) is 3.79. The number of carbonyl (C=O) groups excluding carboxylic acids is 2. The highest BCUT2D eigenvalue weighted by atomic mass is 16.5. The topological polar surface area (TPSA) is 83.5 Å². The van der Waals surface area contributed by atoms with Gasteiger partial charge in [0.2, 0.25) is 0 Å². The molecule has 1 fully saturated rings. The number of para-hydroxylation sites is 1. The highest BCUT2D eigenvalue weighted by Gasteiger charge is 2.26. The quantitative estimate of drug-likeness (QED) is 0.506. The normalized spacial score (nSPS) is 13.9. The first-order chi connectivity index (χ1) is 16.0. The number of carbonyl (C=O) groups is 2. The second-order valence-corrected chi connectivity index (χ2v) is 7.77. The molecular weight excluding hydrogens is 426 g/mol. The second-order valence-electron chi connectivity index (χ2n) is 7.77. The molecule has 0 aromatic heterocycles. The van der Waals surface area contributed by atoms with Gasteiger partial charge in [0.25, 0.3) is 5.91 Å². The molecule has 2 aromatic carbocycles. The lowest BCUT2D eigenvalue weighted by Gasteiger charge is -2.21. The minimum Gasteiger partial charge on any atom is -0.493 e. The van der Waals surface area contributed by atoms with Gasteiger partial charge in [0, 0.05) is 18.7 Å². The molecular formula is C25H31NO7. The molecule has 0 N–H and O–H groups in total. The number of esters is 1. The number of nitrogens with zero attached hydrogens (tertiary/aromatic N) is 1. The summed E-state index contributed by atoms with van der Waals surface area (Å²) < 4.78 is 27.5. The van der Waals surface area contributed by atoms with Crippen LogP contribution in [0.25, 0.3) is 0 Å². The fourth-order valence-electron chi connectivity index (χ4n) is 3.79. The van der Waals surface area contributed by atoms with E-state index in [1.807, 2.05) is 12.1 Å². The number of hydrogen-bond acceptors (Lipinski definition) is 7. The summed E-state index contributed by atoms with van der Waals surface area (Å²) in [5.74, 6) is 1.52. The molecule has 0 spiro atoms. The van der Waals surface area contributed by atoms with Gasteiger partial charge in [-0.1, -0.05) is 18.2 Å². The van der Waals surface area contributed by atoms with Gasteiger partial charge < -0.3 is 28.6 Å². The van der Waals surface area contributed by atoms with Crippen molar-refractivity contribution in [2.45, 2.75) is 38.9 Å². The van der Waals surface area contributed by atoms with E-state index in [1.54, 1.807) is 50.3 Å². The summed E-state index contributed by atoms with van der Waals surface area (Å²) in [6.45, 7) is 3.26. The van der Waals surface area contributed by atoms with Crippen LogP contribution in [-0.2, 0) is 27.4 Å². The molecule has 8 heteroatoms. The van der Waals surface area contributed by atoms with E-state index < -0.39 is 12.1 Å². The Hall–Kier alpha value is -3.42. The SMILES string of the molecule is COc1ccc(COc2c(CC(=O)O[C@H](C)C(=O)N3CCCC3)cccc2OC)cc1OC. The summed E-state index contributed by atoms with van der Waals surface area (Å²) in [5.41, 5.74) is 1.47. The van der Waals surface area contributed by atoms with Crippen molar-refractivity contribution in [2.75, 3.05) is 34.4 Å². The van der Waals surface area contributed by atoms with E-state index in [0.717, 1.165) is 18.4 Å². The minimum atomic E-state index is -0.822. The third kappa shape index (κ3) is 6.09. The van der Waals surface area contributed by atoms with Crippen molar-refractivity contribution < 1.29 is 33.3 Å². The summed E-state index contributed by atoms with van der Waals surface area (Å²) >= 11 is 0. The Morgan fingerprint density at radius 1 is 0.939 bits per heavy atom. The van der Waals surface area contributed by atoms with E-state index in [4.69, 9.17) is 23.7 Å². The van der Waals surface area contributed by atoms with Crippen molar-refractivity contribution in [2.24, 2.45) is 0 Å². The van der Waals surface area contributed by atoms with Gasteiger partial charge in [-0.25, -0.2) is 0 Å². The van der Waals surface area contributed by atoms with E-state index >= 15 is 0 Å². The number of benzene rings is 2. The van der Waals surface area contributed by atoms with E-state index in [2.05, 4.69) is 0 Å². The zero-order valence-corrected chi connectivity index (χ0v) is 19.6. The van der Waals surface area contributed by atoms with Crippen LogP contribution < -0.4 is 18.9 Å². The van der Waals surface area contributed by atoms with Crippen molar-refractivity contribution in [1.82, 2.24) is 4.90 Å². The fraction of sp³-hybridized carbons (Fsp3) is 0.440. The molecule has 1 aliphatic heterocycles. The van der Waals surface area contributed by atoms with Crippen LogP contribution in [0.5, 0.6) is 23.0 Å². The van der Waals surface area contributed by atoms with Gasteiger partial charge in [0.15, 0.2) is 29.1 Å². The average Bonchev–Trinajstić information content (AvgIpc) is 3.37. The van der Waals surface area contributed by atoms with Gasteiger partial charge in [-0.05, 0) is 43.5 Å². The second kappa shape index (κ2) is 11.4. The van der Waals surface area contributed by atoms with Crippen molar-refractivity contribution >= 4 is 11.9 Å². The number of ether oxygens (including phenoxy) is 5. The lowest BCUT2D eigenvalue weighted by molar-refractivity contribution is -0.158. The third-order valence-electron chi connectivity index (χ3n) is 5.52. The summed E-state index contributed by atoms with van der Waals surface area (Å²) in [5, 5.41) is 0. The average molecular weight is 458 g/mol.